The van der Waals surface area contributed by atoms with Gasteiger partial charge in [-0.25, -0.2) is 0 Å². The Morgan fingerprint density at radius 1 is 0.818 bits per heavy atom. The van der Waals surface area contributed by atoms with Crippen LogP contribution in [0.15, 0.2) is 78.9 Å². The number of amides is 2. The predicted molar refractivity (Wildman–Crippen MR) is 127 cm³/mol. The third-order valence-corrected chi connectivity index (χ3v) is 6.94. The van der Waals surface area contributed by atoms with Crippen molar-refractivity contribution in [3.05, 3.63) is 95.6 Å². The quantitative estimate of drug-likeness (QED) is 0.581. The van der Waals surface area contributed by atoms with Crippen molar-refractivity contribution in [3.63, 3.8) is 0 Å². The molecule has 168 valence electrons. The number of hydrogen-bond acceptors (Lipinski definition) is 3. The van der Waals surface area contributed by atoms with Gasteiger partial charge in [0, 0.05) is 32.2 Å². The summed E-state index contributed by atoms with van der Waals surface area (Å²) in [5.41, 5.74) is 2.69. The third-order valence-electron chi connectivity index (χ3n) is 6.94. The maximum Gasteiger partial charge on any atom is 0.253 e. The molecule has 0 aromatic heterocycles. The summed E-state index contributed by atoms with van der Waals surface area (Å²) in [5.74, 6) is 1.66. The van der Waals surface area contributed by atoms with Gasteiger partial charge in [0.25, 0.3) is 5.91 Å². The molecule has 0 radical (unpaired) electrons. The molecule has 5 heteroatoms. The molecular formula is C28H28N2O3. The number of para-hydroxylation sites is 1. The van der Waals surface area contributed by atoms with Crippen molar-refractivity contribution in [2.24, 2.45) is 5.41 Å². The van der Waals surface area contributed by atoms with Gasteiger partial charge in [0.1, 0.15) is 11.5 Å². The molecule has 0 aliphatic carbocycles. The molecule has 1 saturated heterocycles. The lowest BCUT2D eigenvalue weighted by Crippen LogP contribution is -2.50. The number of carbonyl (C=O) groups excluding carboxylic acids is 2. The number of likely N-dealkylation sites (tertiary alicyclic amines) is 1. The van der Waals surface area contributed by atoms with E-state index in [2.05, 4.69) is 12.1 Å². The lowest BCUT2D eigenvalue weighted by molar-refractivity contribution is -0.143. The van der Waals surface area contributed by atoms with Crippen molar-refractivity contribution >= 4 is 11.8 Å². The zero-order valence-corrected chi connectivity index (χ0v) is 18.9. The number of ether oxygens (including phenoxy) is 1. The number of rotatable bonds is 3. The van der Waals surface area contributed by atoms with Crippen LogP contribution in [0.5, 0.6) is 11.5 Å². The monoisotopic (exact) mass is 440 g/mol. The first-order valence-electron chi connectivity index (χ1n) is 11.5. The van der Waals surface area contributed by atoms with Crippen LogP contribution in [0, 0.1) is 5.41 Å². The molecule has 1 spiro atoms. The Morgan fingerprint density at radius 3 is 2.12 bits per heavy atom. The van der Waals surface area contributed by atoms with Crippen LogP contribution >= 0.6 is 0 Å². The first-order chi connectivity index (χ1) is 16.0. The highest BCUT2D eigenvalue weighted by Crippen LogP contribution is 2.40. The fourth-order valence-corrected chi connectivity index (χ4v) is 5.06. The second-order valence-electron chi connectivity index (χ2n) is 9.12. The molecule has 2 aliphatic heterocycles. The van der Waals surface area contributed by atoms with Gasteiger partial charge in [-0.3, -0.25) is 9.59 Å². The lowest BCUT2D eigenvalue weighted by Gasteiger charge is -2.41. The summed E-state index contributed by atoms with van der Waals surface area (Å²) in [6.45, 7) is 1.82. The second kappa shape index (κ2) is 8.74. The maximum atomic E-state index is 13.3. The van der Waals surface area contributed by atoms with E-state index in [0.717, 1.165) is 12.2 Å². The van der Waals surface area contributed by atoms with Crippen LogP contribution in [0.1, 0.15) is 34.3 Å². The van der Waals surface area contributed by atoms with E-state index < -0.39 is 5.41 Å². The Kier molecular flexibility index (Phi) is 5.63. The van der Waals surface area contributed by atoms with Gasteiger partial charge in [0.05, 0.1) is 5.41 Å². The van der Waals surface area contributed by atoms with Crippen molar-refractivity contribution in [2.45, 2.75) is 25.8 Å². The van der Waals surface area contributed by atoms with E-state index in [1.165, 1.54) is 11.1 Å². The van der Waals surface area contributed by atoms with Crippen LogP contribution in [-0.4, -0.2) is 41.8 Å². The van der Waals surface area contributed by atoms with E-state index in [1.807, 2.05) is 83.6 Å². The fourth-order valence-electron chi connectivity index (χ4n) is 5.06. The molecule has 2 aliphatic rings. The van der Waals surface area contributed by atoms with Gasteiger partial charge in [-0.1, -0.05) is 42.5 Å². The number of nitrogens with zero attached hydrogens (tertiary/aromatic N) is 2. The van der Waals surface area contributed by atoms with Gasteiger partial charge in [-0.05, 0) is 66.8 Å². The van der Waals surface area contributed by atoms with Crippen molar-refractivity contribution < 1.29 is 14.3 Å². The van der Waals surface area contributed by atoms with E-state index in [9.17, 15) is 9.59 Å². The second-order valence-corrected chi connectivity index (χ2v) is 9.12. The Balaban J connectivity index is 1.27. The molecule has 1 fully saturated rings. The predicted octanol–water partition coefficient (Wildman–Crippen LogP) is 4.92. The molecule has 0 unspecified atom stereocenters. The fraction of sp³-hybridized carbons (Fsp3) is 0.286. The van der Waals surface area contributed by atoms with Crippen LogP contribution in [-0.2, 0) is 17.8 Å². The molecule has 33 heavy (non-hydrogen) atoms. The largest absolute Gasteiger partial charge is 0.457 e. The molecule has 3 aromatic rings. The number of piperidine rings is 1. The van der Waals surface area contributed by atoms with E-state index in [-0.39, 0.29) is 11.8 Å². The van der Waals surface area contributed by atoms with Crippen molar-refractivity contribution in [3.8, 4) is 11.5 Å². The van der Waals surface area contributed by atoms with Crippen LogP contribution in [0.4, 0.5) is 0 Å². The number of hydrogen-bond donors (Lipinski definition) is 0. The Labute approximate surface area is 194 Å². The normalized spacial score (nSPS) is 17.4. The zero-order valence-electron chi connectivity index (χ0n) is 18.9. The van der Waals surface area contributed by atoms with Gasteiger partial charge in [0.15, 0.2) is 0 Å². The lowest BCUT2D eigenvalue weighted by atomic mass is 9.73. The summed E-state index contributed by atoms with van der Waals surface area (Å²) < 4.78 is 5.83. The third kappa shape index (κ3) is 4.23. The zero-order chi connectivity index (χ0) is 22.8. The summed E-state index contributed by atoms with van der Waals surface area (Å²) in [4.78, 5) is 30.2. The average molecular weight is 441 g/mol. The highest BCUT2D eigenvalue weighted by atomic mass is 16.5. The molecule has 5 nitrogen and oxygen atoms in total. The number of benzene rings is 3. The number of fused-ring (bicyclic) bond motifs is 1. The minimum Gasteiger partial charge on any atom is -0.457 e. The summed E-state index contributed by atoms with van der Waals surface area (Å²) in [5, 5.41) is 0. The van der Waals surface area contributed by atoms with Crippen LogP contribution in [0.2, 0.25) is 0 Å². The molecule has 0 saturated carbocycles. The molecule has 0 atom stereocenters. The summed E-state index contributed by atoms with van der Waals surface area (Å²) >= 11 is 0. The van der Waals surface area contributed by atoms with Gasteiger partial charge < -0.3 is 14.5 Å². The SMILES string of the molecule is CN1Cc2ccccc2CC2(CCN(C(=O)c3ccc(Oc4ccccc4)cc3)CC2)C1=O. The van der Waals surface area contributed by atoms with Crippen molar-refractivity contribution in [1.82, 2.24) is 9.80 Å². The molecule has 0 N–H and O–H groups in total. The smallest absolute Gasteiger partial charge is 0.253 e. The molecule has 5 rings (SSSR count). The topological polar surface area (TPSA) is 49.9 Å². The van der Waals surface area contributed by atoms with Gasteiger partial charge in [-0.15, -0.1) is 0 Å². The molecular weight excluding hydrogens is 412 g/mol. The molecule has 3 aromatic carbocycles. The van der Waals surface area contributed by atoms with Crippen molar-refractivity contribution in [1.29, 1.82) is 0 Å². The molecule has 2 amide bonds. The first-order valence-corrected chi connectivity index (χ1v) is 11.5. The van der Waals surface area contributed by atoms with Crippen LogP contribution in [0.3, 0.4) is 0 Å². The maximum absolute atomic E-state index is 13.3. The van der Waals surface area contributed by atoms with E-state index >= 15 is 0 Å². The Morgan fingerprint density at radius 2 is 1.42 bits per heavy atom. The van der Waals surface area contributed by atoms with Gasteiger partial charge >= 0.3 is 0 Å². The summed E-state index contributed by atoms with van der Waals surface area (Å²) in [6.07, 6.45) is 2.12. The number of carbonyl (C=O) groups is 2. The highest BCUT2D eigenvalue weighted by Gasteiger charge is 2.45. The van der Waals surface area contributed by atoms with Crippen LogP contribution in [0.25, 0.3) is 0 Å². The van der Waals surface area contributed by atoms with Gasteiger partial charge in [0.2, 0.25) is 5.91 Å². The summed E-state index contributed by atoms with van der Waals surface area (Å²) in [6, 6.07) is 25.2. The van der Waals surface area contributed by atoms with E-state index in [0.29, 0.717) is 43.8 Å². The first kappa shape index (κ1) is 21.3. The van der Waals surface area contributed by atoms with Gasteiger partial charge in [-0.2, -0.15) is 0 Å². The highest BCUT2D eigenvalue weighted by molar-refractivity contribution is 5.94. The van der Waals surface area contributed by atoms with E-state index in [1.54, 1.807) is 0 Å². The standard InChI is InChI=1S/C28H28N2O3/c1-29-20-23-8-6-5-7-22(23)19-28(27(29)32)15-17-30(18-16-28)26(31)21-11-13-25(14-12-21)33-24-9-3-2-4-10-24/h2-14H,15-20H2,1H3. The minimum absolute atomic E-state index is 0.00550. The average Bonchev–Trinajstić information content (AvgIpc) is 2.95. The Bertz CT molecular complexity index is 1150. The summed E-state index contributed by atoms with van der Waals surface area (Å²) in [7, 11) is 1.89. The minimum atomic E-state index is -0.425. The van der Waals surface area contributed by atoms with Crippen LogP contribution < -0.4 is 4.74 Å². The van der Waals surface area contributed by atoms with Crippen molar-refractivity contribution in [2.75, 3.05) is 20.1 Å². The molecule has 2 heterocycles. The van der Waals surface area contributed by atoms with E-state index in [4.69, 9.17) is 4.74 Å². The Hall–Kier alpha value is -3.60. The molecule has 0 bridgehead atoms.